The molecule has 0 radical (unpaired) electrons. The number of Topliss-reactive ketones (excluding diaryl/α,β-unsaturated/α-hetero) is 1. The van der Waals surface area contributed by atoms with Crippen molar-refractivity contribution in [2.45, 2.75) is 179 Å². The van der Waals surface area contributed by atoms with Crippen molar-refractivity contribution in [3.8, 4) is 0 Å². The molecular formula is C40H66O13. The fraction of sp³-hybridized carbons (Fsp3) is 0.975. The molecule has 0 amide bonds. The third-order valence-corrected chi connectivity index (χ3v) is 15.9. The molecule has 4 saturated carbocycles. The lowest BCUT2D eigenvalue weighted by atomic mass is 9.44. The van der Waals surface area contributed by atoms with E-state index in [1.165, 1.54) is 13.3 Å². The third-order valence-electron chi connectivity index (χ3n) is 15.9. The van der Waals surface area contributed by atoms with Crippen molar-refractivity contribution < 1.29 is 63.9 Å². The number of carbonyl (C=O) groups excluding carboxylic acids is 1. The van der Waals surface area contributed by atoms with Gasteiger partial charge in [0.2, 0.25) is 0 Å². The van der Waals surface area contributed by atoms with E-state index in [1.54, 1.807) is 7.11 Å². The van der Waals surface area contributed by atoms with Crippen LogP contribution >= 0.6 is 0 Å². The van der Waals surface area contributed by atoms with E-state index < -0.39 is 74.1 Å². The second-order valence-corrected chi connectivity index (χ2v) is 18.5. The predicted octanol–water partition coefficient (Wildman–Crippen LogP) is 2.28. The van der Waals surface area contributed by atoms with E-state index in [4.69, 9.17) is 28.4 Å². The smallest absolute Gasteiger partial charge is 0.187 e. The first-order valence-electron chi connectivity index (χ1n) is 20.5. The third kappa shape index (κ3) is 6.98. The number of fused-ring (bicyclic) bond motifs is 5. The van der Waals surface area contributed by atoms with Crippen molar-refractivity contribution in [1.29, 1.82) is 0 Å². The van der Waals surface area contributed by atoms with Gasteiger partial charge >= 0.3 is 0 Å². The minimum atomic E-state index is -1.65. The molecule has 13 nitrogen and oxygen atoms in total. The summed E-state index contributed by atoms with van der Waals surface area (Å²) in [5, 5.41) is 62.9. The summed E-state index contributed by atoms with van der Waals surface area (Å²) in [5.74, 6) is 2.76. The highest BCUT2D eigenvalue weighted by molar-refractivity contribution is 5.83. The first-order chi connectivity index (χ1) is 25.1. The fourth-order valence-corrected chi connectivity index (χ4v) is 12.7. The number of ether oxygens (including phenoxy) is 6. The van der Waals surface area contributed by atoms with Crippen molar-refractivity contribution in [2.24, 2.45) is 52.3 Å². The highest BCUT2D eigenvalue weighted by atomic mass is 16.8. The average molecular weight is 755 g/mol. The Morgan fingerprint density at radius 2 is 1.49 bits per heavy atom. The molecule has 3 saturated heterocycles. The maximum atomic E-state index is 14.3. The maximum Gasteiger partial charge on any atom is 0.187 e. The molecule has 0 aromatic rings. The quantitative estimate of drug-likeness (QED) is 0.198. The SMILES string of the molecule is COC1OC(C(C)C2CCC3C4CC(=O)C5CC(O[C@@H]6O[C@H](CO)[C@@H](O)[C@H](O)[C@H]6O[C@@H]6O[C@@H](C)[C@H](O)[C@@H](O)[C@H]6O)CCC5(C)C4CCC23C)CCC1C. The van der Waals surface area contributed by atoms with E-state index in [-0.39, 0.29) is 34.9 Å². The molecule has 3 heterocycles. The molecule has 7 fully saturated rings. The molecule has 7 aliphatic rings. The van der Waals surface area contributed by atoms with Gasteiger partial charge in [0.25, 0.3) is 0 Å². The zero-order valence-corrected chi connectivity index (χ0v) is 32.4. The van der Waals surface area contributed by atoms with Crippen LogP contribution in [0.3, 0.4) is 0 Å². The molecule has 53 heavy (non-hydrogen) atoms. The highest BCUT2D eigenvalue weighted by Gasteiger charge is 2.63. The van der Waals surface area contributed by atoms with Crippen LogP contribution in [0.25, 0.3) is 0 Å². The monoisotopic (exact) mass is 754 g/mol. The standard InChI is InChI=1S/C40H66O13/c1-18-7-10-28(51-36(18)48-6)19(2)23-8-9-24-22-16-27(42)26-15-21(11-13-40(26,5)25(22)12-14-39(23,24)4)50-38-35(33(46)31(44)29(17-41)52-38)53-37-34(47)32(45)30(43)20(3)49-37/h18-26,28-38,41,43-47H,7-17H2,1-6H3/t18?,19?,20-,21?,22?,23?,24?,25?,26?,28?,29+,30-,31+,32+,33-,34+,35+,36?,37-,38+,39?,40?/m0/s1. The summed E-state index contributed by atoms with van der Waals surface area (Å²) in [6.45, 7) is 10.3. The van der Waals surface area contributed by atoms with Crippen LogP contribution in [0.15, 0.2) is 0 Å². The molecule has 0 spiro atoms. The van der Waals surface area contributed by atoms with Crippen molar-refractivity contribution >= 4 is 5.78 Å². The van der Waals surface area contributed by atoms with Crippen LogP contribution in [0.4, 0.5) is 0 Å². The van der Waals surface area contributed by atoms with Crippen molar-refractivity contribution in [3.63, 3.8) is 0 Å². The summed E-state index contributed by atoms with van der Waals surface area (Å²) in [4.78, 5) is 14.3. The number of hydrogen-bond donors (Lipinski definition) is 6. The molecular weight excluding hydrogens is 688 g/mol. The molecule has 6 N–H and O–H groups in total. The molecule has 0 bridgehead atoms. The fourth-order valence-electron chi connectivity index (χ4n) is 12.7. The molecule has 0 aromatic carbocycles. The molecule has 12 unspecified atom stereocenters. The highest BCUT2D eigenvalue weighted by Crippen LogP contribution is 2.68. The van der Waals surface area contributed by atoms with Crippen LogP contribution in [0.1, 0.15) is 98.8 Å². The maximum absolute atomic E-state index is 14.3. The Morgan fingerprint density at radius 3 is 2.21 bits per heavy atom. The van der Waals surface area contributed by atoms with Crippen molar-refractivity contribution in [2.75, 3.05) is 13.7 Å². The molecule has 13 heteroatoms. The Labute approximate surface area is 314 Å². The van der Waals surface area contributed by atoms with Crippen LogP contribution in [0, 0.1) is 52.3 Å². The summed E-state index contributed by atoms with van der Waals surface area (Å²) in [5.41, 5.74) is 0.00190. The minimum absolute atomic E-state index is 0.147. The molecule has 304 valence electrons. The van der Waals surface area contributed by atoms with Gasteiger partial charge in [-0.15, -0.1) is 0 Å². The topological polar surface area (TPSA) is 194 Å². The van der Waals surface area contributed by atoms with E-state index in [0.717, 1.165) is 38.5 Å². The zero-order chi connectivity index (χ0) is 38.1. The summed E-state index contributed by atoms with van der Waals surface area (Å²) < 4.78 is 36.2. The van der Waals surface area contributed by atoms with Crippen molar-refractivity contribution in [1.82, 2.24) is 0 Å². The van der Waals surface area contributed by atoms with Gasteiger partial charge in [-0.2, -0.15) is 0 Å². The Hall–Kier alpha value is -0.810. The lowest BCUT2D eigenvalue weighted by Crippen LogP contribution is -2.64. The van der Waals surface area contributed by atoms with E-state index >= 15 is 0 Å². The van der Waals surface area contributed by atoms with Crippen LogP contribution in [0.2, 0.25) is 0 Å². The number of carbonyl (C=O) groups is 1. The molecule has 4 aliphatic carbocycles. The zero-order valence-electron chi connectivity index (χ0n) is 32.4. The Balaban J connectivity index is 1.03. The number of ketones is 1. The van der Waals surface area contributed by atoms with Gasteiger partial charge in [-0.05, 0) is 105 Å². The van der Waals surface area contributed by atoms with Crippen molar-refractivity contribution in [3.05, 3.63) is 0 Å². The summed E-state index contributed by atoms with van der Waals surface area (Å²) >= 11 is 0. The number of rotatable bonds is 8. The predicted molar refractivity (Wildman–Crippen MR) is 189 cm³/mol. The second-order valence-electron chi connectivity index (χ2n) is 18.5. The van der Waals surface area contributed by atoms with E-state index in [9.17, 15) is 35.4 Å². The largest absolute Gasteiger partial charge is 0.394 e. The van der Waals surface area contributed by atoms with Gasteiger partial charge in [0.1, 0.15) is 48.5 Å². The molecule has 22 atom stereocenters. The average Bonchev–Trinajstić information content (AvgIpc) is 3.50. The van der Waals surface area contributed by atoms with Gasteiger partial charge < -0.3 is 59.1 Å². The normalized spacial score (nSPS) is 55.2. The van der Waals surface area contributed by atoms with Crippen LogP contribution in [0.5, 0.6) is 0 Å². The van der Waals surface area contributed by atoms with Crippen LogP contribution < -0.4 is 0 Å². The Bertz CT molecular complexity index is 1290. The summed E-state index contributed by atoms with van der Waals surface area (Å²) in [7, 11) is 1.74. The number of aliphatic hydroxyl groups excluding tert-OH is 6. The van der Waals surface area contributed by atoms with Crippen LogP contribution in [-0.2, 0) is 33.2 Å². The molecule has 3 aliphatic heterocycles. The van der Waals surface area contributed by atoms with Gasteiger partial charge in [-0.3, -0.25) is 4.79 Å². The second kappa shape index (κ2) is 15.5. The van der Waals surface area contributed by atoms with E-state index in [0.29, 0.717) is 54.8 Å². The number of hydrogen-bond acceptors (Lipinski definition) is 13. The number of aliphatic hydroxyl groups is 6. The van der Waals surface area contributed by atoms with Crippen LogP contribution in [-0.4, -0.2) is 130 Å². The van der Waals surface area contributed by atoms with Gasteiger partial charge in [0.15, 0.2) is 18.9 Å². The van der Waals surface area contributed by atoms with Gasteiger partial charge in [-0.25, -0.2) is 0 Å². The first-order valence-corrected chi connectivity index (χ1v) is 20.5. The Morgan fingerprint density at radius 1 is 0.774 bits per heavy atom. The Kier molecular flexibility index (Phi) is 11.8. The lowest BCUT2D eigenvalue weighted by Gasteiger charge is -2.61. The van der Waals surface area contributed by atoms with E-state index in [1.807, 2.05) is 0 Å². The molecule has 7 rings (SSSR count). The van der Waals surface area contributed by atoms with E-state index in [2.05, 4.69) is 27.7 Å². The van der Waals surface area contributed by atoms with Gasteiger partial charge in [-0.1, -0.05) is 27.7 Å². The summed E-state index contributed by atoms with van der Waals surface area (Å²) in [6, 6.07) is 0. The minimum Gasteiger partial charge on any atom is -0.394 e. The van der Waals surface area contributed by atoms with Gasteiger partial charge in [0.05, 0.1) is 24.9 Å². The summed E-state index contributed by atoms with van der Waals surface area (Å²) in [6.07, 6.45) is -4.93. The lowest BCUT2D eigenvalue weighted by molar-refractivity contribution is -0.370. The first kappa shape index (κ1) is 40.4. The number of methoxy groups -OCH3 is 1. The molecule has 0 aromatic heterocycles. The van der Waals surface area contributed by atoms with Gasteiger partial charge in [0, 0.05) is 25.4 Å².